The summed E-state index contributed by atoms with van der Waals surface area (Å²) in [6, 6.07) is 20.1. The first kappa shape index (κ1) is 18.5. The number of amides is 1. The van der Waals surface area contributed by atoms with Crippen molar-refractivity contribution in [1.29, 1.82) is 0 Å². The lowest BCUT2D eigenvalue weighted by Crippen LogP contribution is -2.36. The number of nitrogens with zero attached hydrogens (tertiary/aromatic N) is 2. The summed E-state index contributed by atoms with van der Waals surface area (Å²) >= 11 is 0. The molecule has 7 nitrogen and oxygen atoms in total. The van der Waals surface area contributed by atoms with Crippen LogP contribution in [0.15, 0.2) is 77.9 Å². The van der Waals surface area contributed by atoms with Crippen LogP contribution in [0.1, 0.15) is 16.1 Å². The highest BCUT2D eigenvalue weighted by Crippen LogP contribution is 2.32. The van der Waals surface area contributed by atoms with Gasteiger partial charge in [0.1, 0.15) is 13.2 Å². The highest BCUT2D eigenvalue weighted by molar-refractivity contribution is 6.10. The number of hydrogen-bond acceptors (Lipinski definition) is 5. The molecule has 0 unspecified atom stereocenters. The Morgan fingerprint density at radius 3 is 2.55 bits per heavy atom. The summed E-state index contributed by atoms with van der Waals surface area (Å²) in [5.74, 6) is 1.42. The number of carbonyl (C=O) groups excluding carboxylic acids is 1. The largest absolute Gasteiger partial charge is 0.486 e. The van der Waals surface area contributed by atoms with Crippen LogP contribution in [0.4, 0.5) is 5.69 Å². The maximum absolute atomic E-state index is 12.6. The van der Waals surface area contributed by atoms with Crippen LogP contribution in [0.3, 0.4) is 0 Å². The number of nitrogens with one attached hydrogen (secondary N) is 2. The van der Waals surface area contributed by atoms with E-state index in [4.69, 9.17) is 9.47 Å². The highest BCUT2D eigenvalue weighted by Gasteiger charge is 2.14. The van der Waals surface area contributed by atoms with Crippen molar-refractivity contribution in [3.05, 3.63) is 84.2 Å². The molecule has 3 aromatic rings. The minimum atomic E-state index is -0.254. The maximum atomic E-state index is 12.6. The lowest BCUT2D eigenvalue weighted by Gasteiger charge is -2.19. The van der Waals surface area contributed by atoms with E-state index in [2.05, 4.69) is 20.6 Å². The summed E-state index contributed by atoms with van der Waals surface area (Å²) in [6.07, 6.45) is 1.71. The Labute approximate surface area is 168 Å². The van der Waals surface area contributed by atoms with Gasteiger partial charge in [0.05, 0.1) is 12.2 Å². The van der Waals surface area contributed by atoms with E-state index in [1.54, 1.807) is 18.3 Å². The van der Waals surface area contributed by atoms with Gasteiger partial charge in [0, 0.05) is 23.5 Å². The fourth-order valence-corrected chi connectivity index (χ4v) is 2.79. The second-order valence-electron chi connectivity index (χ2n) is 6.29. The predicted molar refractivity (Wildman–Crippen MR) is 110 cm³/mol. The minimum Gasteiger partial charge on any atom is -0.486 e. The van der Waals surface area contributed by atoms with Crippen molar-refractivity contribution in [1.82, 2.24) is 10.3 Å². The fraction of sp³-hybridized carbons (Fsp3) is 0.136. The average Bonchev–Trinajstić information content (AvgIpc) is 2.78. The van der Waals surface area contributed by atoms with E-state index in [0.29, 0.717) is 42.8 Å². The molecule has 2 aromatic carbocycles. The highest BCUT2D eigenvalue weighted by atomic mass is 16.6. The molecule has 1 aliphatic rings. The number of ether oxygens (including phenoxy) is 2. The Hall–Kier alpha value is -3.87. The van der Waals surface area contributed by atoms with Gasteiger partial charge >= 0.3 is 0 Å². The van der Waals surface area contributed by atoms with Gasteiger partial charge in [0.25, 0.3) is 5.91 Å². The first-order chi connectivity index (χ1) is 14.3. The quantitative estimate of drug-likeness (QED) is 0.529. The van der Waals surface area contributed by atoms with Crippen LogP contribution in [0, 0.1) is 0 Å². The van der Waals surface area contributed by atoms with E-state index in [-0.39, 0.29) is 5.91 Å². The van der Waals surface area contributed by atoms with Crippen LogP contribution in [-0.4, -0.2) is 30.1 Å². The lowest BCUT2D eigenvalue weighted by atomic mass is 10.2. The zero-order valence-corrected chi connectivity index (χ0v) is 15.7. The molecule has 1 aromatic heterocycles. The molecule has 2 heterocycles. The zero-order chi connectivity index (χ0) is 19.9. The van der Waals surface area contributed by atoms with E-state index >= 15 is 0 Å². The van der Waals surface area contributed by atoms with Crippen LogP contribution in [0.25, 0.3) is 0 Å². The molecule has 4 rings (SSSR count). The monoisotopic (exact) mass is 388 g/mol. The zero-order valence-electron chi connectivity index (χ0n) is 15.7. The Bertz CT molecular complexity index is 1010. The number of aromatic nitrogens is 1. The second-order valence-corrected chi connectivity index (χ2v) is 6.29. The second kappa shape index (κ2) is 8.88. The topological polar surface area (TPSA) is 84.8 Å². The standard InChI is InChI=1S/C22H20N4O3/c27-21(16-6-2-1-3-7-16)26-22(24-15-18-8-4-5-11-23-18)25-17-9-10-19-20(14-17)29-13-12-28-19/h1-11,14H,12-13,15H2,(H2,24,25,26,27). The van der Waals surface area contributed by atoms with Gasteiger partial charge < -0.3 is 14.8 Å². The van der Waals surface area contributed by atoms with Crippen molar-refractivity contribution >= 4 is 17.6 Å². The third kappa shape index (κ3) is 4.90. The number of pyridine rings is 1. The third-order valence-electron chi connectivity index (χ3n) is 4.20. The van der Waals surface area contributed by atoms with Gasteiger partial charge in [-0.15, -0.1) is 0 Å². The molecule has 2 N–H and O–H groups in total. The van der Waals surface area contributed by atoms with Crippen molar-refractivity contribution < 1.29 is 14.3 Å². The Morgan fingerprint density at radius 1 is 0.966 bits per heavy atom. The van der Waals surface area contributed by atoms with Gasteiger partial charge in [0.15, 0.2) is 11.5 Å². The van der Waals surface area contributed by atoms with E-state index in [0.717, 1.165) is 11.4 Å². The maximum Gasteiger partial charge on any atom is 0.257 e. The molecular formula is C22H20N4O3. The molecule has 0 fully saturated rings. The molecule has 0 bridgehead atoms. The third-order valence-corrected chi connectivity index (χ3v) is 4.20. The number of fused-ring (bicyclic) bond motifs is 1. The first-order valence-corrected chi connectivity index (χ1v) is 9.25. The van der Waals surface area contributed by atoms with Crippen molar-refractivity contribution in [2.45, 2.75) is 6.54 Å². The minimum absolute atomic E-state index is 0.254. The van der Waals surface area contributed by atoms with Gasteiger partial charge in [-0.2, -0.15) is 0 Å². The Balaban J connectivity index is 1.55. The van der Waals surface area contributed by atoms with Crippen LogP contribution < -0.4 is 20.1 Å². The van der Waals surface area contributed by atoms with Crippen LogP contribution in [0.2, 0.25) is 0 Å². The lowest BCUT2D eigenvalue weighted by molar-refractivity contribution is 0.0977. The average molecular weight is 388 g/mol. The number of anilines is 1. The molecular weight excluding hydrogens is 368 g/mol. The van der Waals surface area contributed by atoms with Gasteiger partial charge in [-0.25, -0.2) is 4.99 Å². The number of hydrogen-bond donors (Lipinski definition) is 2. The molecule has 0 aliphatic carbocycles. The number of rotatable bonds is 4. The van der Waals surface area contributed by atoms with Crippen LogP contribution in [-0.2, 0) is 6.54 Å². The van der Waals surface area contributed by atoms with E-state index in [9.17, 15) is 4.79 Å². The van der Waals surface area contributed by atoms with E-state index < -0.39 is 0 Å². The van der Waals surface area contributed by atoms with Crippen molar-refractivity contribution in [3.8, 4) is 11.5 Å². The van der Waals surface area contributed by atoms with Gasteiger partial charge in [-0.05, 0) is 36.4 Å². The molecule has 0 atom stereocenters. The molecule has 0 spiro atoms. The molecule has 1 aliphatic heterocycles. The smallest absolute Gasteiger partial charge is 0.257 e. The molecule has 7 heteroatoms. The van der Waals surface area contributed by atoms with E-state index in [1.165, 1.54) is 0 Å². The van der Waals surface area contributed by atoms with Crippen molar-refractivity contribution in [2.24, 2.45) is 4.99 Å². The molecule has 1 amide bonds. The van der Waals surface area contributed by atoms with Crippen LogP contribution >= 0.6 is 0 Å². The number of carbonyl (C=O) groups is 1. The number of benzene rings is 2. The van der Waals surface area contributed by atoms with Crippen molar-refractivity contribution in [2.75, 3.05) is 18.5 Å². The summed E-state index contributed by atoms with van der Waals surface area (Å²) in [7, 11) is 0. The molecule has 29 heavy (non-hydrogen) atoms. The summed E-state index contributed by atoms with van der Waals surface area (Å²) in [6.45, 7) is 1.36. The number of aliphatic imine (C=N–C) groups is 1. The first-order valence-electron chi connectivity index (χ1n) is 9.25. The van der Waals surface area contributed by atoms with Crippen molar-refractivity contribution in [3.63, 3.8) is 0 Å². The van der Waals surface area contributed by atoms with Crippen LogP contribution in [0.5, 0.6) is 11.5 Å². The summed E-state index contributed by atoms with van der Waals surface area (Å²) in [4.78, 5) is 21.4. The Kier molecular flexibility index (Phi) is 5.66. The summed E-state index contributed by atoms with van der Waals surface area (Å²) in [5.41, 5.74) is 2.06. The molecule has 0 saturated heterocycles. The Morgan fingerprint density at radius 2 is 1.76 bits per heavy atom. The summed E-state index contributed by atoms with van der Waals surface area (Å²) in [5, 5.41) is 5.99. The number of guanidine groups is 1. The summed E-state index contributed by atoms with van der Waals surface area (Å²) < 4.78 is 11.2. The van der Waals surface area contributed by atoms with Gasteiger partial charge in [-0.1, -0.05) is 24.3 Å². The van der Waals surface area contributed by atoms with Gasteiger partial charge in [-0.3, -0.25) is 15.1 Å². The van der Waals surface area contributed by atoms with Gasteiger partial charge in [0.2, 0.25) is 5.96 Å². The molecule has 0 saturated carbocycles. The molecule has 0 radical (unpaired) electrons. The predicted octanol–water partition coefficient (Wildman–Crippen LogP) is 3.25. The fourth-order valence-electron chi connectivity index (χ4n) is 2.79. The SMILES string of the molecule is O=C(NC(=NCc1ccccn1)Nc1ccc2c(c1)OCCO2)c1ccccc1. The molecule has 146 valence electrons. The van der Waals surface area contributed by atoms with E-state index in [1.807, 2.05) is 54.6 Å². The normalized spacial score (nSPS) is 12.9.